The summed E-state index contributed by atoms with van der Waals surface area (Å²) in [6.45, 7) is 4.31. The molecule has 0 saturated carbocycles. The molecular formula is C14H20O3. The Morgan fingerprint density at radius 3 is 2.59 bits per heavy atom. The fourth-order valence-corrected chi connectivity index (χ4v) is 1.66. The standard InChI is InChI=1S/C14H20O3/c1-4-12(5-2)14(15)17-10-11-7-6-8-13(9-11)16-3/h6-9,12H,4-5,10H2,1-3H3. The van der Waals surface area contributed by atoms with Gasteiger partial charge in [0, 0.05) is 0 Å². The van der Waals surface area contributed by atoms with Crippen LogP contribution in [-0.2, 0) is 16.1 Å². The average molecular weight is 236 g/mol. The summed E-state index contributed by atoms with van der Waals surface area (Å²) >= 11 is 0. The van der Waals surface area contributed by atoms with Gasteiger partial charge in [0.2, 0.25) is 0 Å². The van der Waals surface area contributed by atoms with Crippen LogP contribution in [0, 0.1) is 5.92 Å². The van der Waals surface area contributed by atoms with Gasteiger partial charge >= 0.3 is 5.97 Å². The lowest BCUT2D eigenvalue weighted by Gasteiger charge is -2.12. The molecule has 0 fully saturated rings. The Bertz CT molecular complexity index is 356. The first-order valence-electron chi connectivity index (χ1n) is 6.00. The smallest absolute Gasteiger partial charge is 0.309 e. The third kappa shape index (κ3) is 4.10. The van der Waals surface area contributed by atoms with Crippen LogP contribution in [0.15, 0.2) is 24.3 Å². The van der Waals surface area contributed by atoms with Crippen molar-refractivity contribution in [3.63, 3.8) is 0 Å². The van der Waals surface area contributed by atoms with Crippen LogP contribution in [0.4, 0.5) is 0 Å². The predicted octanol–water partition coefficient (Wildman–Crippen LogP) is 3.17. The summed E-state index contributed by atoms with van der Waals surface area (Å²) in [6.07, 6.45) is 1.65. The molecule has 0 heterocycles. The lowest BCUT2D eigenvalue weighted by atomic mass is 10.0. The van der Waals surface area contributed by atoms with Gasteiger partial charge in [-0.25, -0.2) is 0 Å². The molecule has 1 aromatic carbocycles. The van der Waals surface area contributed by atoms with Gasteiger partial charge in [0.15, 0.2) is 0 Å². The molecule has 0 atom stereocenters. The zero-order valence-electron chi connectivity index (χ0n) is 10.7. The maximum absolute atomic E-state index is 11.7. The molecule has 3 heteroatoms. The number of hydrogen-bond donors (Lipinski definition) is 0. The van der Waals surface area contributed by atoms with Crippen LogP contribution < -0.4 is 4.74 Å². The molecule has 0 bridgehead atoms. The van der Waals surface area contributed by atoms with E-state index in [0.29, 0.717) is 6.61 Å². The zero-order valence-corrected chi connectivity index (χ0v) is 10.7. The maximum atomic E-state index is 11.7. The molecule has 0 N–H and O–H groups in total. The Balaban J connectivity index is 2.52. The molecule has 0 aliphatic carbocycles. The lowest BCUT2D eigenvalue weighted by molar-refractivity contribution is -0.150. The lowest BCUT2D eigenvalue weighted by Crippen LogP contribution is -2.16. The highest BCUT2D eigenvalue weighted by Gasteiger charge is 2.15. The quantitative estimate of drug-likeness (QED) is 0.712. The monoisotopic (exact) mass is 236 g/mol. The molecule has 0 spiro atoms. The minimum atomic E-state index is -0.113. The van der Waals surface area contributed by atoms with Crippen LogP contribution >= 0.6 is 0 Å². The summed E-state index contributed by atoms with van der Waals surface area (Å²) in [5.41, 5.74) is 0.948. The summed E-state index contributed by atoms with van der Waals surface area (Å²) in [6, 6.07) is 7.55. The van der Waals surface area contributed by atoms with Crippen molar-refractivity contribution < 1.29 is 14.3 Å². The molecule has 0 unspecified atom stereocenters. The number of rotatable bonds is 6. The number of carbonyl (C=O) groups is 1. The Kier molecular flexibility index (Phi) is 5.53. The summed E-state index contributed by atoms with van der Waals surface area (Å²) < 4.78 is 10.4. The molecule has 1 rings (SSSR count). The van der Waals surface area contributed by atoms with Crippen LogP contribution in [-0.4, -0.2) is 13.1 Å². The molecule has 1 aromatic rings. The first-order chi connectivity index (χ1) is 8.21. The third-order valence-corrected chi connectivity index (χ3v) is 2.83. The van der Waals surface area contributed by atoms with E-state index in [2.05, 4.69) is 0 Å². The maximum Gasteiger partial charge on any atom is 0.309 e. The van der Waals surface area contributed by atoms with Crippen molar-refractivity contribution in [3.8, 4) is 5.75 Å². The van der Waals surface area contributed by atoms with Crippen molar-refractivity contribution >= 4 is 5.97 Å². The van der Waals surface area contributed by atoms with Crippen molar-refractivity contribution in [2.24, 2.45) is 5.92 Å². The SMILES string of the molecule is CCC(CC)C(=O)OCc1cccc(OC)c1. The minimum absolute atomic E-state index is 0.0145. The predicted molar refractivity (Wildman–Crippen MR) is 66.9 cm³/mol. The number of hydrogen-bond acceptors (Lipinski definition) is 3. The van der Waals surface area contributed by atoms with Crippen molar-refractivity contribution in [1.29, 1.82) is 0 Å². The molecule has 17 heavy (non-hydrogen) atoms. The molecule has 0 radical (unpaired) electrons. The van der Waals surface area contributed by atoms with Gasteiger partial charge in [0.05, 0.1) is 13.0 Å². The van der Waals surface area contributed by atoms with Crippen molar-refractivity contribution in [3.05, 3.63) is 29.8 Å². The number of ether oxygens (including phenoxy) is 2. The largest absolute Gasteiger partial charge is 0.497 e. The van der Waals surface area contributed by atoms with E-state index in [1.807, 2.05) is 38.1 Å². The van der Waals surface area contributed by atoms with Crippen molar-refractivity contribution in [2.75, 3.05) is 7.11 Å². The molecule has 0 aromatic heterocycles. The highest BCUT2D eigenvalue weighted by molar-refractivity contribution is 5.72. The van der Waals surface area contributed by atoms with Gasteiger partial charge in [-0.1, -0.05) is 26.0 Å². The highest BCUT2D eigenvalue weighted by Crippen LogP contribution is 2.15. The van der Waals surface area contributed by atoms with E-state index in [1.54, 1.807) is 7.11 Å². The topological polar surface area (TPSA) is 35.5 Å². The summed E-state index contributed by atoms with van der Waals surface area (Å²) in [5, 5.41) is 0. The van der Waals surface area contributed by atoms with E-state index in [0.717, 1.165) is 24.2 Å². The molecule has 0 saturated heterocycles. The van der Waals surface area contributed by atoms with E-state index in [4.69, 9.17) is 9.47 Å². The zero-order chi connectivity index (χ0) is 12.7. The second kappa shape index (κ2) is 6.94. The Hall–Kier alpha value is -1.51. The number of methoxy groups -OCH3 is 1. The van der Waals surface area contributed by atoms with Gasteiger partial charge in [0.25, 0.3) is 0 Å². The van der Waals surface area contributed by atoms with Crippen molar-refractivity contribution in [1.82, 2.24) is 0 Å². The molecule has 0 aliphatic rings. The molecule has 0 amide bonds. The van der Waals surface area contributed by atoms with Gasteiger partial charge in [-0.2, -0.15) is 0 Å². The van der Waals surface area contributed by atoms with Gasteiger partial charge < -0.3 is 9.47 Å². The molecule has 94 valence electrons. The fourth-order valence-electron chi connectivity index (χ4n) is 1.66. The number of benzene rings is 1. The first-order valence-corrected chi connectivity index (χ1v) is 6.00. The van der Waals surface area contributed by atoms with E-state index in [9.17, 15) is 4.79 Å². The van der Waals surface area contributed by atoms with E-state index >= 15 is 0 Å². The number of esters is 1. The minimum Gasteiger partial charge on any atom is -0.497 e. The van der Waals surface area contributed by atoms with Gasteiger partial charge in [-0.15, -0.1) is 0 Å². The van der Waals surface area contributed by atoms with Crippen LogP contribution in [0.1, 0.15) is 32.3 Å². The van der Waals surface area contributed by atoms with E-state index in [-0.39, 0.29) is 11.9 Å². The van der Waals surface area contributed by atoms with E-state index < -0.39 is 0 Å². The summed E-state index contributed by atoms with van der Waals surface area (Å²) in [7, 11) is 1.62. The summed E-state index contributed by atoms with van der Waals surface area (Å²) in [5.74, 6) is 0.680. The third-order valence-electron chi connectivity index (χ3n) is 2.83. The van der Waals surface area contributed by atoms with Gasteiger partial charge in [0.1, 0.15) is 12.4 Å². The second-order valence-electron chi connectivity index (χ2n) is 3.97. The Labute approximate surface area is 103 Å². The van der Waals surface area contributed by atoms with Crippen LogP contribution in [0.5, 0.6) is 5.75 Å². The van der Waals surface area contributed by atoms with E-state index in [1.165, 1.54) is 0 Å². The first kappa shape index (κ1) is 13.6. The second-order valence-corrected chi connectivity index (χ2v) is 3.97. The average Bonchev–Trinajstić information content (AvgIpc) is 2.38. The normalized spacial score (nSPS) is 10.4. The molecular weight excluding hydrogens is 216 g/mol. The number of carbonyl (C=O) groups excluding carboxylic acids is 1. The Morgan fingerprint density at radius 1 is 1.29 bits per heavy atom. The van der Waals surface area contributed by atoms with Crippen LogP contribution in [0.3, 0.4) is 0 Å². The molecule has 0 aliphatic heterocycles. The van der Waals surface area contributed by atoms with Gasteiger partial charge in [-0.05, 0) is 30.5 Å². The highest BCUT2D eigenvalue weighted by atomic mass is 16.5. The molecule has 3 nitrogen and oxygen atoms in total. The van der Waals surface area contributed by atoms with Crippen LogP contribution in [0.2, 0.25) is 0 Å². The summed E-state index contributed by atoms with van der Waals surface area (Å²) in [4.78, 5) is 11.7. The fraction of sp³-hybridized carbons (Fsp3) is 0.500. The van der Waals surface area contributed by atoms with Gasteiger partial charge in [-0.3, -0.25) is 4.79 Å². The Morgan fingerprint density at radius 2 is 2.00 bits per heavy atom. The van der Waals surface area contributed by atoms with Crippen LogP contribution in [0.25, 0.3) is 0 Å². The van der Waals surface area contributed by atoms with Crippen molar-refractivity contribution in [2.45, 2.75) is 33.3 Å².